The minimum absolute atomic E-state index is 0.115. The molecular formula is C42H28N4S. The molecule has 0 fully saturated rings. The molecule has 6 aromatic carbocycles. The maximum Gasteiger partial charge on any atom is 0.238 e. The Hall–Kier alpha value is -5.65. The van der Waals surface area contributed by atoms with Crippen LogP contribution in [0.1, 0.15) is 46.8 Å². The van der Waals surface area contributed by atoms with Gasteiger partial charge in [0, 0.05) is 55.7 Å². The quantitative estimate of drug-likeness (QED) is 0.194. The molecular weight excluding hydrogens is 593 g/mol. The predicted octanol–water partition coefficient (Wildman–Crippen LogP) is 11.0. The second-order valence-electron chi connectivity index (χ2n) is 11.2. The molecule has 0 atom stereocenters. The SMILES string of the molecule is [2H]c1c([2H])c([2H])c2c(c1[2H])-c1c(c([2H])c([2H])c3c1c1c([2H])c([2H])c([2H])c([2H])c1n3-c1nc(-c3ccccc3)nc(-c3ccc4sc5ccccc5c4c3)n1)C2(C([2H])([2H])[2H])C([2H])([2H])[2H]. The number of nitrogens with zero attached hydrogens (tertiary/aromatic N) is 4. The van der Waals surface area contributed by atoms with Crippen molar-refractivity contribution >= 4 is 53.3 Å². The summed E-state index contributed by atoms with van der Waals surface area (Å²) in [6.45, 7) is -7.26. The van der Waals surface area contributed by atoms with E-state index in [4.69, 9.17) is 31.4 Å². The van der Waals surface area contributed by atoms with Crippen molar-refractivity contribution in [2.45, 2.75) is 19.1 Å². The summed E-state index contributed by atoms with van der Waals surface area (Å²) >= 11 is 1.60. The zero-order valence-corrected chi connectivity index (χ0v) is 24.9. The van der Waals surface area contributed by atoms with Gasteiger partial charge in [0.25, 0.3) is 0 Å². The lowest BCUT2D eigenvalue weighted by Crippen LogP contribution is -2.14. The van der Waals surface area contributed by atoms with Gasteiger partial charge in [0.05, 0.1) is 24.7 Å². The van der Waals surface area contributed by atoms with Crippen LogP contribution in [-0.4, -0.2) is 19.5 Å². The third-order valence-electron chi connectivity index (χ3n) is 8.59. The highest BCUT2D eigenvalue weighted by atomic mass is 32.1. The Morgan fingerprint density at radius 1 is 0.638 bits per heavy atom. The summed E-state index contributed by atoms with van der Waals surface area (Å²) in [6.07, 6.45) is 0. The van der Waals surface area contributed by atoms with E-state index in [2.05, 4.69) is 0 Å². The van der Waals surface area contributed by atoms with Crippen LogP contribution in [0.5, 0.6) is 0 Å². The number of rotatable bonds is 3. The van der Waals surface area contributed by atoms with E-state index >= 15 is 0 Å². The smallest absolute Gasteiger partial charge is 0.238 e. The molecule has 9 aromatic rings. The normalized spacial score (nSPS) is 18.9. The van der Waals surface area contributed by atoms with Gasteiger partial charge in [-0.2, -0.15) is 9.97 Å². The van der Waals surface area contributed by atoms with Crippen molar-refractivity contribution < 1.29 is 21.9 Å². The van der Waals surface area contributed by atoms with Crippen molar-refractivity contribution in [1.82, 2.24) is 19.5 Å². The third kappa shape index (κ3) is 3.78. The predicted molar refractivity (Wildman–Crippen MR) is 195 cm³/mol. The summed E-state index contributed by atoms with van der Waals surface area (Å²) in [7, 11) is 0. The molecule has 1 aliphatic rings. The molecule has 0 amide bonds. The van der Waals surface area contributed by atoms with Crippen LogP contribution >= 0.6 is 11.3 Å². The van der Waals surface area contributed by atoms with Crippen LogP contribution in [0.2, 0.25) is 0 Å². The Balaban J connectivity index is 1.44. The van der Waals surface area contributed by atoms with E-state index in [0.717, 1.165) is 24.7 Å². The molecule has 1 aliphatic carbocycles. The van der Waals surface area contributed by atoms with Gasteiger partial charge in [-0.05, 0) is 58.6 Å². The molecule has 4 nitrogen and oxygen atoms in total. The Kier molecular flexibility index (Phi) is 3.15. The van der Waals surface area contributed by atoms with E-state index < -0.39 is 102 Å². The van der Waals surface area contributed by atoms with Crippen LogP contribution in [0.3, 0.4) is 0 Å². The van der Waals surface area contributed by atoms with E-state index in [0.29, 0.717) is 11.1 Å². The van der Waals surface area contributed by atoms with E-state index in [-0.39, 0.29) is 39.4 Å². The summed E-state index contributed by atoms with van der Waals surface area (Å²) in [5.74, 6) is -0.0455. The Morgan fingerprint density at radius 2 is 1.40 bits per heavy atom. The minimum Gasteiger partial charge on any atom is -0.278 e. The summed E-state index contributed by atoms with van der Waals surface area (Å²) in [5, 5.41) is 1.22. The monoisotopic (exact) mass is 636 g/mol. The molecule has 47 heavy (non-hydrogen) atoms. The number of thiophene rings is 1. The molecule has 5 heteroatoms. The maximum atomic E-state index is 9.67. The van der Waals surface area contributed by atoms with Gasteiger partial charge in [-0.15, -0.1) is 11.3 Å². The molecule has 0 unspecified atom stereocenters. The van der Waals surface area contributed by atoms with Gasteiger partial charge in [0.2, 0.25) is 5.95 Å². The fourth-order valence-electron chi connectivity index (χ4n) is 6.48. The summed E-state index contributed by atoms with van der Waals surface area (Å²) < 4.78 is 147. The first-order valence-corrected chi connectivity index (χ1v) is 15.5. The molecule has 0 aliphatic heterocycles. The second-order valence-corrected chi connectivity index (χ2v) is 12.3. The average Bonchev–Trinajstić information content (AvgIpc) is 3.92. The number of aromatic nitrogens is 4. The Morgan fingerprint density at radius 3 is 2.30 bits per heavy atom. The fourth-order valence-corrected chi connectivity index (χ4v) is 7.57. The zero-order chi connectivity index (χ0) is 45.0. The van der Waals surface area contributed by atoms with Gasteiger partial charge in [0.15, 0.2) is 11.6 Å². The molecule has 222 valence electrons. The molecule has 0 saturated heterocycles. The molecule has 0 spiro atoms. The number of hydrogen-bond acceptors (Lipinski definition) is 4. The lowest BCUT2D eigenvalue weighted by Gasteiger charge is -2.21. The standard InChI is InChI=1S/C42H28N4S/c1-42(2)31-17-9-6-15-28(31)37-32(42)21-22-34-38(37)29-16-7-10-18-33(29)46(34)41-44-39(25-12-4-3-5-13-25)43-40(45-41)26-20-23-36-30(24-26)27-14-8-11-19-35(27)47-36/h3-24H,1-2H3/i1D3,2D3,6D,7D,9D,10D,15D,16D,17D,18D,21D,22D. The molecule has 0 bridgehead atoms. The van der Waals surface area contributed by atoms with Crippen molar-refractivity contribution in [1.29, 1.82) is 0 Å². The summed E-state index contributed by atoms with van der Waals surface area (Å²) in [5.41, 5.74) is -5.64. The van der Waals surface area contributed by atoms with E-state index in [1.165, 1.54) is 0 Å². The fraction of sp³-hybridized carbons (Fsp3) is 0.0714. The lowest BCUT2D eigenvalue weighted by atomic mass is 9.82. The molecule has 0 radical (unpaired) electrons. The molecule has 0 N–H and O–H groups in total. The highest BCUT2D eigenvalue weighted by molar-refractivity contribution is 7.25. The maximum absolute atomic E-state index is 9.67. The first-order valence-electron chi connectivity index (χ1n) is 22.6. The largest absolute Gasteiger partial charge is 0.278 e. The molecule has 0 saturated carbocycles. The number of hydrogen-bond donors (Lipinski definition) is 0. The van der Waals surface area contributed by atoms with Crippen LogP contribution in [0.4, 0.5) is 0 Å². The third-order valence-corrected chi connectivity index (χ3v) is 9.74. The van der Waals surface area contributed by atoms with Crippen molar-refractivity contribution in [2.75, 3.05) is 0 Å². The molecule has 10 rings (SSSR count). The summed E-state index contributed by atoms with van der Waals surface area (Å²) in [6, 6.07) is 14.2. The lowest BCUT2D eigenvalue weighted by molar-refractivity contribution is 0.661. The Bertz CT molecular complexity index is 3490. The van der Waals surface area contributed by atoms with E-state index in [1.807, 2.05) is 42.5 Å². The van der Waals surface area contributed by atoms with Crippen LogP contribution < -0.4 is 0 Å². The summed E-state index contributed by atoms with van der Waals surface area (Å²) in [4.78, 5) is 14.5. The first-order chi connectivity index (χ1) is 29.7. The van der Waals surface area contributed by atoms with Crippen molar-refractivity contribution in [3.8, 4) is 39.9 Å². The Labute approximate surface area is 298 Å². The number of fused-ring (bicyclic) bond motifs is 10. The van der Waals surface area contributed by atoms with Crippen LogP contribution in [0.15, 0.2) is 133 Å². The molecule has 3 aromatic heterocycles. The van der Waals surface area contributed by atoms with E-state index in [1.54, 1.807) is 41.7 Å². The van der Waals surface area contributed by atoms with Crippen molar-refractivity contribution in [3.63, 3.8) is 0 Å². The number of benzene rings is 6. The van der Waals surface area contributed by atoms with Crippen LogP contribution in [-0.2, 0) is 5.41 Å². The second kappa shape index (κ2) is 9.68. The zero-order valence-electron chi connectivity index (χ0n) is 40.1. The number of para-hydroxylation sites is 1. The highest BCUT2D eigenvalue weighted by Crippen LogP contribution is 2.53. The van der Waals surface area contributed by atoms with Crippen molar-refractivity contribution in [2.24, 2.45) is 0 Å². The van der Waals surface area contributed by atoms with Gasteiger partial charge < -0.3 is 0 Å². The van der Waals surface area contributed by atoms with Gasteiger partial charge in [-0.3, -0.25) is 4.57 Å². The van der Waals surface area contributed by atoms with Gasteiger partial charge in [-0.25, -0.2) is 4.98 Å². The topological polar surface area (TPSA) is 43.6 Å². The van der Waals surface area contributed by atoms with Crippen molar-refractivity contribution in [3.05, 3.63) is 144 Å². The van der Waals surface area contributed by atoms with Crippen LogP contribution in [0, 0.1) is 0 Å². The van der Waals surface area contributed by atoms with Gasteiger partial charge in [-0.1, -0.05) is 111 Å². The minimum atomic E-state index is -3.63. The highest BCUT2D eigenvalue weighted by Gasteiger charge is 2.37. The van der Waals surface area contributed by atoms with Crippen LogP contribution in [0.25, 0.3) is 81.8 Å². The average molecular weight is 637 g/mol. The van der Waals surface area contributed by atoms with Gasteiger partial charge in [0.1, 0.15) is 0 Å². The van der Waals surface area contributed by atoms with E-state index in [9.17, 15) is 5.48 Å². The van der Waals surface area contributed by atoms with Gasteiger partial charge >= 0.3 is 0 Å². The first kappa shape index (κ1) is 15.3. The molecule has 3 heterocycles.